The third kappa shape index (κ3) is 6.31. The van der Waals surface area contributed by atoms with Gasteiger partial charge in [-0.15, -0.1) is 11.3 Å². The third-order valence-electron chi connectivity index (χ3n) is 6.70. The van der Waals surface area contributed by atoms with Gasteiger partial charge in [-0.3, -0.25) is 0 Å². The normalized spacial score (nSPS) is 16.1. The van der Waals surface area contributed by atoms with E-state index in [-0.39, 0.29) is 10.9 Å². The Kier molecular flexibility index (Phi) is 9.30. The molecule has 0 N–H and O–H groups in total. The standard InChI is InChI=1S/C28H37N3O5S2/c1-20(2)6-7-21(3)31-26(25-18-23(34-4)10-13-27(25)35-5)19-37-28(31)29-22-8-11-24(12-9-22)38(32,33)30-14-16-36-17-15-30/h8-13,18-21H,6-7,14-17H2,1-5H3. The third-order valence-corrected chi connectivity index (χ3v) is 9.45. The first-order valence-electron chi connectivity index (χ1n) is 12.9. The van der Waals surface area contributed by atoms with Crippen LogP contribution in [0.5, 0.6) is 11.5 Å². The molecule has 8 nitrogen and oxygen atoms in total. The van der Waals surface area contributed by atoms with Crippen LogP contribution in [-0.4, -0.2) is 57.8 Å². The summed E-state index contributed by atoms with van der Waals surface area (Å²) in [4.78, 5) is 6.06. The zero-order valence-electron chi connectivity index (χ0n) is 22.7. The first-order chi connectivity index (χ1) is 18.2. The molecule has 1 aliphatic heterocycles. The molecule has 0 radical (unpaired) electrons. The highest BCUT2D eigenvalue weighted by Crippen LogP contribution is 2.36. The van der Waals surface area contributed by atoms with Crippen LogP contribution in [0.25, 0.3) is 11.3 Å². The number of thiazole rings is 1. The molecule has 0 spiro atoms. The highest BCUT2D eigenvalue weighted by atomic mass is 32.2. The van der Waals surface area contributed by atoms with Crippen LogP contribution in [0.1, 0.15) is 39.7 Å². The number of ether oxygens (including phenoxy) is 3. The monoisotopic (exact) mass is 559 g/mol. The molecule has 0 saturated carbocycles. The summed E-state index contributed by atoms with van der Waals surface area (Å²) >= 11 is 1.55. The van der Waals surface area contributed by atoms with Crippen LogP contribution in [0, 0.1) is 5.92 Å². The molecule has 0 bridgehead atoms. The average Bonchev–Trinajstić information content (AvgIpc) is 3.35. The number of nitrogens with zero attached hydrogens (tertiary/aromatic N) is 3. The van der Waals surface area contributed by atoms with E-state index in [0.717, 1.165) is 40.4 Å². The SMILES string of the molecule is COc1ccc(OC)c(-c2csc(=Nc3ccc(S(=O)(=O)N4CCOCC4)cc3)n2C(C)CCC(C)C)c1. The molecule has 1 aliphatic rings. The zero-order chi connectivity index (χ0) is 27.3. The van der Waals surface area contributed by atoms with E-state index in [1.54, 1.807) is 49.8 Å². The Morgan fingerprint density at radius 2 is 1.71 bits per heavy atom. The highest BCUT2D eigenvalue weighted by Gasteiger charge is 2.26. The lowest BCUT2D eigenvalue weighted by Gasteiger charge is -2.26. The quantitative estimate of drug-likeness (QED) is 0.328. The predicted octanol–water partition coefficient (Wildman–Crippen LogP) is 5.48. The molecule has 2 heterocycles. The molecule has 1 atom stereocenters. The molecule has 38 heavy (non-hydrogen) atoms. The smallest absolute Gasteiger partial charge is 0.243 e. The van der Waals surface area contributed by atoms with E-state index in [2.05, 4.69) is 30.7 Å². The summed E-state index contributed by atoms with van der Waals surface area (Å²) in [6, 6.07) is 12.8. The Bertz CT molecular complexity index is 1390. The van der Waals surface area contributed by atoms with Gasteiger partial charge in [-0.1, -0.05) is 13.8 Å². The van der Waals surface area contributed by atoms with E-state index in [1.807, 2.05) is 18.2 Å². The lowest BCUT2D eigenvalue weighted by molar-refractivity contribution is 0.0730. The van der Waals surface area contributed by atoms with Gasteiger partial charge >= 0.3 is 0 Å². The highest BCUT2D eigenvalue weighted by molar-refractivity contribution is 7.89. The molecular formula is C28H37N3O5S2. The van der Waals surface area contributed by atoms with Crippen LogP contribution in [0.3, 0.4) is 0 Å². The van der Waals surface area contributed by atoms with Crippen molar-refractivity contribution in [2.24, 2.45) is 10.9 Å². The summed E-state index contributed by atoms with van der Waals surface area (Å²) in [6.45, 7) is 8.25. The first kappa shape index (κ1) is 28.4. The van der Waals surface area contributed by atoms with Gasteiger partial charge < -0.3 is 18.8 Å². The Morgan fingerprint density at radius 1 is 1.00 bits per heavy atom. The first-order valence-corrected chi connectivity index (χ1v) is 15.2. The minimum Gasteiger partial charge on any atom is -0.497 e. The van der Waals surface area contributed by atoms with Crippen molar-refractivity contribution in [1.29, 1.82) is 0 Å². The largest absolute Gasteiger partial charge is 0.497 e. The Labute approximate surface area is 229 Å². The molecule has 1 fully saturated rings. The molecule has 4 rings (SSSR count). The number of rotatable bonds is 10. The van der Waals surface area contributed by atoms with Gasteiger partial charge in [0.2, 0.25) is 10.0 Å². The molecule has 1 saturated heterocycles. The number of sulfonamides is 1. The number of aromatic nitrogens is 1. The molecule has 1 aromatic heterocycles. The van der Waals surface area contributed by atoms with Crippen molar-refractivity contribution < 1.29 is 22.6 Å². The second-order valence-corrected chi connectivity index (χ2v) is 12.6. The summed E-state index contributed by atoms with van der Waals surface area (Å²) in [5.74, 6) is 2.11. The number of hydrogen-bond acceptors (Lipinski definition) is 7. The zero-order valence-corrected chi connectivity index (χ0v) is 24.3. The van der Waals surface area contributed by atoms with E-state index >= 15 is 0 Å². The van der Waals surface area contributed by atoms with E-state index < -0.39 is 10.0 Å². The topological polar surface area (TPSA) is 82.4 Å². The molecule has 3 aromatic rings. The minimum atomic E-state index is -3.55. The maximum Gasteiger partial charge on any atom is 0.243 e. The van der Waals surface area contributed by atoms with Gasteiger partial charge in [-0.05, 0) is 68.1 Å². The molecule has 0 aliphatic carbocycles. The summed E-state index contributed by atoms with van der Waals surface area (Å²) in [5.41, 5.74) is 2.64. The van der Waals surface area contributed by atoms with Gasteiger partial charge in [-0.25, -0.2) is 13.4 Å². The minimum absolute atomic E-state index is 0.189. The van der Waals surface area contributed by atoms with Gasteiger partial charge in [0, 0.05) is 30.1 Å². The lowest BCUT2D eigenvalue weighted by Crippen LogP contribution is -2.40. The second kappa shape index (κ2) is 12.5. The van der Waals surface area contributed by atoms with E-state index in [9.17, 15) is 8.42 Å². The van der Waals surface area contributed by atoms with Crippen molar-refractivity contribution in [2.75, 3.05) is 40.5 Å². The van der Waals surface area contributed by atoms with E-state index in [4.69, 9.17) is 19.2 Å². The van der Waals surface area contributed by atoms with Gasteiger partial charge in [-0.2, -0.15) is 4.31 Å². The number of hydrogen-bond donors (Lipinski definition) is 0. The molecule has 206 valence electrons. The van der Waals surface area contributed by atoms with Gasteiger partial charge in [0.25, 0.3) is 0 Å². The summed E-state index contributed by atoms with van der Waals surface area (Å²) < 4.78 is 46.2. The fourth-order valence-corrected chi connectivity index (χ4v) is 6.90. The van der Waals surface area contributed by atoms with Crippen LogP contribution in [0.2, 0.25) is 0 Å². The fourth-order valence-electron chi connectivity index (χ4n) is 4.48. The Balaban J connectivity index is 1.75. The summed E-state index contributed by atoms with van der Waals surface area (Å²) in [5, 5.41) is 2.10. The average molecular weight is 560 g/mol. The molecule has 0 amide bonds. The lowest BCUT2D eigenvalue weighted by atomic mass is 10.0. The van der Waals surface area contributed by atoms with Crippen molar-refractivity contribution in [3.63, 3.8) is 0 Å². The van der Waals surface area contributed by atoms with Crippen LogP contribution in [-0.2, 0) is 14.8 Å². The van der Waals surface area contributed by atoms with Gasteiger partial charge in [0.15, 0.2) is 4.80 Å². The van der Waals surface area contributed by atoms with Crippen LogP contribution in [0.4, 0.5) is 5.69 Å². The molecule has 2 aromatic carbocycles. The van der Waals surface area contributed by atoms with Crippen LogP contribution in [0.15, 0.2) is 57.7 Å². The van der Waals surface area contributed by atoms with Gasteiger partial charge in [0.05, 0.1) is 43.7 Å². The van der Waals surface area contributed by atoms with Crippen molar-refractivity contribution in [3.8, 4) is 22.8 Å². The van der Waals surface area contributed by atoms with Crippen molar-refractivity contribution in [2.45, 2.75) is 44.6 Å². The van der Waals surface area contributed by atoms with Crippen molar-refractivity contribution in [3.05, 3.63) is 52.6 Å². The van der Waals surface area contributed by atoms with Crippen LogP contribution >= 0.6 is 11.3 Å². The Morgan fingerprint density at radius 3 is 2.34 bits per heavy atom. The molecule has 10 heteroatoms. The van der Waals surface area contributed by atoms with Crippen molar-refractivity contribution in [1.82, 2.24) is 8.87 Å². The summed E-state index contributed by atoms with van der Waals surface area (Å²) in [7, 11) is -0.228. The molecule has 1 unspecified atom stereocenters. The molecular weight excluding hydrogens is 522 g/mol. The fraction of sp³-hybridized carbons (Fsp3) is 0.464. The van der Waals surface area contributed by atoms with Gasteiger partial charge in [0.1, 0.15) is 11.5 Å². The number of methoxy groups -OCH3 is 2. The number of benzene rings is 2. The number of morpholine rings is 1. The van der Waals surface area contributed by atoms with Crippen LogP contribution < -0.4 is 14.3 Å². The van der Waals surface area contributed by atoms with E-state index in [1.165, 1.54) is 4.31 Å². The maximum absolute atomic E-state index is 13.0. The Hall–Kier alpha value is -2.66. The maximum atomic E-state index is 13.0. The summed E-state index contributed by atoms with van der Waals surface area (Å²) in [6.07, 6.45) is 2.09. The van der Waals surface area contributed by atoms with E-state index in [0.29, 0.717) is 37.9 Å². The predicted molar refractivity (Wildman–Crippen MR) is 151 cm³/mol. The van der Waals surface area contributed by atoms with Crippen molar-refractivity contribution >= 4 is 27.0 Å². The second-order valence-electron chi connectivity index (χ2n) is 9.78.